The van der Waals surface area contributed by atoms with Crippen molar-refractivity contribution in [2.75, 3.05) is 25.0 Å². The van der Waals surface area contributed by atoms with Crippen LogP contribution < -0.4 is 4.90 Å². The summed E-state index contributed by atoms with van der Waals surface area (Å²) in [5.74, 6) is 0.953. The second-order valence-corrected chi connectivity index (χ2v) is 8.05. The number of carbonyl (C=O) groups is 1. The van der Waals surface area contributed by atoms with Gasteiger partial charge in [-0.1, -0.05) is 0 Å². The van der Waals surface area contributed by atoms with Crippen molar-refractivity contribution in [2.45, 2.75) is 39.7 Å². The van der Waals surface area contributed by atoms with Crippen molar-refractivity contribution in [1.82, 2.24) is 24.6 Å². The highest BCUT2D eigenvalue weighted by atomic mass is 16.2. The fourth-order valence-corrected chi connectivity index (χ4v) is 4.09. The third-order valence-electron chi connectivity index (χ3n) is 5.98. The first-order chi connectivity index (χ1) is 13.8. The number of anilines is 1. The number of aromatic nitrogens is 4. The Morgan fingerprint density at radius 3 is 2.48 bits per heavy atom. The maximum Gasteiger partial charge on any atom is 0.274 e. The van der Waals surface area contributed by atoms with Crippen molar-refractivity contribution in [3.63, 3.8) is 0 Å². The molecule has 0 atom stereocenters. The lowest BCUT2D eigenvalue weighted by atomic mass is 10.0. The molecule has 1 aliphatic heterocycles. The van der Waals surface area contributed by atoms with E-state index in [4.69, 9.17) is 4.98 Å². The molecule has 3 aromatic rings. The Kier molecular flexibility index (Phi) is 4.98. The number of rotatable bonds is 3. The van der Waals surface area contributed by atoms with Crippen molar-refractivity contribution in [2.24, 2.45) is 7.05 Å². The molecule has 0 bridgehead atoms. The van der Waals surface area contributed by atoms with Crippen LogP contribution in [0.4, 0.5) is 5.82 Å². The van der Waals surface area contributed by atoms with Gasteiger partial charge in [-0.05, 0) is 63.4 Å². The van der Waals surface area contributed by atoms with Gasteiger partial charge < -0.3 is 9.80 Å². The largest absolute Gasteiger partial charge is 0.356 e. The van der Waals surface area contributed by atoms with E-state index in [9.17, 15) is 4.79 Å². The number of carbonyl (C=O) groups excluding carboxylic acids is 1. The highest BCUT2D eigenvalue weighted by Gasteiger charge is 2.28. The van der Waals surface area contributed by atoms with Crippen LogP contribution in [0.2, 0.25) is 0 Å². The van der Waals surface area contributed by atoms with Crippen molar-refractivity contribution >= 4 is 22.8 Å². The molecular formula is C22H28N6O. The van der Waals surface area contributed by atoms with Crippen LogP contribution in [0.5, 0.6) is 0 Å². The molecule has 152 valence electrons. The van der Waals surface area contributed by atoms with Crippen molar-refractivity contribution < 1.29 is 4.79 Å². The molecule has 0 unspecified atom stereocenters. The van der Waals surface area contributed by atoms with Crippen LogP contribution in [0.1, 0.15) is 40.3 Å². The van der Waals surface area contributed by atoms with Gasteiger partial charge >= 0.3 is 0 Å². The fraction of sp³-hybridized carbons (Fsp3) is 0.455. The lowest BCUT2D eigenvalue weighted by molar-refractivity contribution is 0.0702. The van der Waals surface area contributed by atoms with Gasteiger partial charge in [0, 0.05) is 50.0 Å². The molecule has 1 saturated heterocycles. The number of fused-ring (bicyclic) bond motifs is 1. The molecular weight excluding hydrogens is 364 g/mol. The molecule has 4 heterocycles. The second kappa shape index (κ2) is 7.46. The summed E-state index contributed by atoms with van der Waals surface area (Å²) in [7, 11) is 3.75. The highest BCUT2D eigenvalue weighted by Crippen LogP contribution is 2.24. The van der Waals surface area contributed by atoms with Crippen LogP contribution in [0.25, 0.3) is 11.0 Å². The SMILES string of the molecule is Cc1cc(C)c2ccc(N3CCC(N(C)C(=O)c4cc(C)n(C)n4)CC3)nc2n1. The van der Waals surface area contributed by atoms with Gasteiger partial charge in [0.1, 0.15) is 5.82 Å². The average molecular weight is 393 g/mol. The Balaban J connectivity index is 1.45. The summed E-state index contributed by atoms with van der Waals surface area (Å²) in [4.78, 5) is 26.3. The normalized spacial score (nSPS) is 15.1. The zero-order valence-electron chi connectivity index (χ0n) is 17.8. The topological polar surface area (TPSA) is 67.2 Å². The van der Waals surface area contributed by atoms with Crippen LogP contribution in [0.15, 0.2) is 24.3 Å². The predicted octanol–water partition coefficient (Wildman–Crippen LogP) is 3.03. The van der Waals surface area contributed by atoms with Gasteiger partial charge in [-0.2, -0.15) is 5.10 Å². The van der Waals surface area contributed by atoms with Gasteiger partial charge in [-0.3, -0.25) is 9.48 Å². The van der Waals surface area contributed by atoms with Crippen LogP contribution in [0, 0.1) is 20.8 Å². The number of nitrogens with zero attached hydrogens (tertiary/aromatic N) is 6. The molecule has 3 aromatic heterocycles. The summed E-state index contributed by atoms with van der Waals surface area (Å²) < 4.78 is 1.74. The molecule has 7 nitrogen and oxygen atoms in total. The maximum atomic E-state index is 12.8. The molecule has 0 saturated carbocycles. The van der Waals surface area contributed by atoms with Crippen LogP contribution >= 0.6 is 0 Å². The molecule has 0 aromatic carbocycles. The first-order valence-corrected chi connectivity index (χ1v) is 10.1. The third kappa shape index (κ3) is 3.69. The quantitative estimate of drug-likeness (QED) is 0.685. The number of pyridine rings is 2. The molecule has 29 heavy (non-hydrogen) atoms. The van der Waals surface area contributed by atoms with Gasteiger partial charge in [0.25, 0.3) is 5.91 Å². The maximum absolute atomic E-state index is 12.8. The van der Waals surface area contributed by atoms with Crippen LogP contribution in [-0.2, 0) is 7.05 Å². The minimum absolute atomic E-state index is 0.00821. The molecule has 0 aliphatic carbocycles. The van der Waals surface area contributed by atoms with Crippen LogP contribution in [-0.4, -0.2) is 56.7 Å². The number of amides is 1. The zero-order chi connectivity index (χ0) is 20.7. The van der Waals surface area contributed by atoms with E-state index in [0.29, 0.717) is 5.69 Å². The predicted molar refractivity (Wildman–Crippen MR) is 114 cm³/mol. The fourth-order valence-electron chi connectivity index (χ4n) is 4.09. The number of aryl methyl sites for hydroxylation is 4. The second-order valence-electron chi connectivity index (χ2n) is 8.05. The Morgan fingerprint density at radius 1 is 1.10 bits per heavy atom. The van der Waals surface area contributed by atoms with Gasteiger partial charge in [0.05, 0.1) is 0 Å². The molecule has 1 aliphatic rings. The smallest absolute Gasteiger partial charge is 0.274 e. The molecule has 0 spiro atoms. The van der Waals surface area contributed by atoms with E-state index < -0.39 is 0 Å². The van der Waals surface area contributed by atoms with Crippen molar-refractivity contribution in [1.29, 1.82) is 0 Å². The zero-order valence-corrected chi connectivity index (χ0v) is 17.8. The standard InChI is InChI=1S/C22H28N6O/c1-14-12-15(2)23-21-18(14)6-7-20(24-21)28-10-8-17(9-11-28)26(4)22(29)19-13-16(3)27(5)25-19/h6-7,12-13,17H,8-11H2,1-5H3. The van der Waals surface area contributed by atoms with Gasteiger partial charge in [0.15, 0.2) is 11.3 Å². The molecule has 0 N–H and O–H groups in total. The van der Waals surface area contributed by atoms with E-state index in [0.717, 1.165) is 54.2 Å². The molecule has 0 radical (unpaired) electrons. The summed E-state index contributed by atoms with van der Waals surface area (Å²) in [6.07, 6.45) is 1.82. The van der Waals surface area contributed by atoms with E-state index in [1.54, 1.807) is 4.68 Å². The first kappa shape index (κ1) is 19.4. The number of hydrogen-bond acceptors (Lipinski definition) is 5. The summed E-state index contributed by atoms with van der Waals surface area (Å²) in [6, 6.07) is 8.35. The van der Waals surface area contributed by atoms with Gasteiger partial charge in [-0.25, -0.2) is 9.97 Å². The Labute approximate surface area is 171 Å². The Morgan fingerprint density at radius 2 is 1.83 bits per heavy atom. The van der Waals surface area contributed by atoms with E-state index in [1.165, 1.54) is 5.56 Å². The lowest BCUT2D eigenvalue weighted by Gasteiger charge is -2.37. The van der Waals surface area contributed by atoms with E-state index in [-0.39, 0.29) is 11.9 Å². The lowest BCUT2D eigenvalue weighted by Crippen LogP contribution is -2.46. The Bertz CT molecular complexity index is 1050. The van der Waals surface area contributed by atoms with Gasteiger partial charge in [-0.15, -0.1) is 0 Å². The molecule has 7 heteroatoms. The highest BCUT2D eigenvalue weighted by molar-refractivity contribution is 5.92. The van der Waals surface area contributed by atoms with Crippen molar-refractivity contribution in [3.05, 3.63) is 46.9 Å². The number of piperidine rings is 1. The summed E-state index contributed by atoms with van der Waals surface area (Å²) in [6.45, 7) is 7.79. The minimum atomic E-state index is -0.00821. The van der Waals surface area contributed by atoms with E-state index in [2.05, 4.69) is 40.1 Å². The van der Waals surface area contributed by atoms with E-state index >= 15 is 0 Å². The molecule has 1 amide bonds. The summed E-state index contributed by atoms with van der Waals surface area (Å²) in [5, 5.41) is 5.43. The van der Waals surface area contributed by atoms with Crippen molar-refractivity contribution in [3.8, 4) is 0 Å². The third-order valence-corrected chi connectivity index (χ3v) is 5.98. The first-order valence-electron chi connectivity index (χ1n) is 10.1. The van der Waals surface area contributed by atoms with Crippen LogP contribution in [0.3, 0.4) is 0 Å². The molecule has 1 fully saturated rings. The summed E-state index contributed by atoms with van der Waals surface area (Å²) >= 11 is 0. The van der Waals surface area contributed by atoms with E-state index in [1.807, 2.05) is 38.9 Å². The Hall–Kier alpha value is -2.96. The number of hydrogen-bond donors (Lipinski definition) is 0. The monoisotopic (exact) mass is 392 g/mol. The minimum Gasteiger partial charge on any atom is -0.356 e. The molecule has 4 rings (SSSR count). The summed E-state index contributed by atoms with van der Waals surface area (Å²) in [5.41, 5.74) is 4.50. The average Bonchev–Trinajstić information content (AvgIpc) is 3.05. The van der Waals surface area contributed by atoms with Gasteiger partial charge in [0.2, 0.25) is 0 Å².